The highest BCUT2D eigenvalue weighted by Crippen LogP contribution is 2.15. The van der Waals surface area contributed by atoms with Gasteiger partial charge >= 0.3 is 0 Å². The summed E-state index contributed by atoms with van der Waals surface area (Å²) in [4.78, 5) is 3.14. The fourth-order valence-electron chi connectivity index (χ4n) is 0.715. The number of halogens is 1. The Bertz CT molecular complexity index is 191. The number of nitrogens with one attached hydrogen (secondary N) is 1. The quantitative estimate of drug-likeness (QED) is 0.720. The van der Waals surface area contributed by atoms with E-state index in [1.165, 1.54) is 9.26 Å². The van der Waals surface area contributed by atoms with E-state index in [9.17, 15) is 0 Å². The molecule has 0 radical (unpaired) electrons. The second-order valence-corrected chi connectivity index (χ2v) is 3.60. The average molecular weight is 235 g/mol. The molecule has 1 aromatic rings. The molecule has 2 heteroatoms. The van der Waals surface area contributed by atoms with Crippen molar-refractivity contribution in [3.63, 3.8) is 0 Å². The predicted octanol–water partition coefficient (Wildman–Crippen LogP) is 2.74. The third-order valence-electron chi connectivity index (χ3n) is 1.34. The van der Waals surface area contributed by atoms with E-state index in [1.54, 1.807) is 0 Å². The van der Waals surface area contributed by atoms with Gasteiger partial charge in [0.15, 0.2) is 0 Å². The van der Waals surface area contributed by atoms with Gasteiger partial charge in [0, 0.05) is 6.20 Å². The molecule has 0 aliphatic carbocycles. The van der Waals surface area contributed by atoms with Crippen LogP contribution in [-0.2, 0) is 0 Å². The van der Waals surface area contributed by atoms with Crippen LogP contribution in [0.15, 0.2) is 12.3 Å². The Hall–Kier alpha value is 0.01000. The molecule has 1 N–H and O–H groups in total. The van der Waals surface area contributed by atoms with Crippen LogP contribution in [0.1, 0.15) is 25.3 Å². The van der Waals surface area contributed by atoms with Crippen LogP contribution in [0.3, 0.4) is 0 Å². The first-order valence-electron chi connectivity index (χ1n) is 3.04. The molecule has 0 aromatic carbocycles. The number of aromatic amines is 1. The first-order chi connectivity index (χ1) is 4.20. The molecule has 0 aliphatic rings. The molecule has 50 valence electrons. The van der Waals surface area contributed by atoms with E-state index in [-0.39, 0.29) is 0 Å². The molecule has 0 bridgehead atoms. The summed E-state index contributed by atoms with van der Waals surface area (Å²) in [7, 11) is 0. The molecule has 0 atom stereocenters. The Balaban J connectivity index is 2.85. The number of H-pyrrole nitrogens is 1. The predicted molar refractivity (Wildman–Crippen MR) is 47.6 cm³/mol. The molecule has 0 saturated heterocycles. The molecule has 0 spiro atoms. The summed E-state index contributed by atoms with van der Waals surface area (Å²) in [6, 6.07) is 2.17. The zero-order chi connectivity index (χ0) is 6.85. The molecular weight excluding hydrogens is 225 g/mol. The fraction of sp³-hybridized carbons (Fsp3) is 0.429. The fourth-order valence-corrected chi connectivity index (χ4v) is 1.23. The Kier molecular flexibility index (Phi) is 2.16. The van der Waals surface area contributed by atoms with Gasteiger partial charge in [-0.2, -0.15) is 0 Å². The topological polar surface area (TPSA) is 15.8 Å². The van der Waals surface area contributed by atoms with Crippen molar-refractivity contribution in [2.24, 2.45) is 0 Å². The normalized spacial score (nSPS) is 10.7. The van der Waals surface area contributed by atoms with Crippen molar-refractivity contribution in [3.8, 4) is 0 Å². The lowest BCUT2D eigenvalue weighted by Crippen LogP contribution is -1.80. The Labute approximate surface area is 69.0 Å². The van der Waals surface area contributed by atoms with Crippen LogP contribution in [-0.4, -0.2) is 4.98 Å². The molecule has 1 rings (SSSR count). The van der Waals surface area contributed by atoms with Crippen LogP contribution < -0.4 is 0 Å². The van der Waals surface area contributed by atoms with Crippen molar-refractivity contribution in [3.05, 3.63) is 21.5 Å². The van der Waals surface area contributed by atoms with Gasteiger partial charge in [0.25, 0.3) is 0 Å². The maximum atomic E-state index is 3.14. The smallest absolute Gasteiger partial charge is 0.0774 e. The molecule has 0 amide bonds. The second-order valence-electron chi connectivity index (χ2n) is 2.44. The summed E-state index contributed by atoms with van der Waals surface area (Å²) in [5.74, 6) is 0.643. The second kappa shape index (κ2) is 2.73. The summed E-state index contributed by atoms with van der Waals surface area (Å²) in [6.45, 7) is 4.39. The number of hydrogen-bond donors (Lipinski definition) is 1. The van der Waals surface area contributed by atoms with Gasteiger partial charge < -0.3 is 4.98 Å². The van der Waals surface area contributed by atoms with Crippen molar-refractivity contribution in [2.75, 3.05) is 0 Å². The van der Waals surface area contributed by atoms with Crippen molar-refractivity contribution >= 4 is 22.6 Å². The van der Waals surface area contributed by atoms with Gasteiger partial charge in [0.2, 0.25) is 0 Å². The highest BCUT2D eigenvalue weighted by Gasteiger charge is 1.98. The van der Waals surface area contributed by atoms with Crippen LogP contribution >= 0.6 is 22.6 Å². The molecule has 1 nitrogen and oxygen atoms in total. The van der Waals surface area contributed by atoms with Gasteiger partial charge in [-0.05, 0) is 40.1 Å². The molecule has 9 heavy (non-hydrogen) atoms. The van der Waals surface area contributed by atoms with E-state index in [0.717, 1.165) is 0 Å². The van der Waals surface area contributed by atoms with E-state index in [2.05, 4.69) is 53.7 Å². The zero-order valence-corrected chi connectivity index (χ0v) is 7.77. The minimum atomic E-state index is 0.643. The number of aromatic nitrogens is 1. The Morgan fingerprint density at radius 2 is 2.22 bits per heavy atom. The van der Waals surface area contributed by atoms with Gasteiger partial charge in [-0.15, -0.1) is 0 Å². The van der Waals surface area contributed by atoms with Crippen molar-refractivity contribution < 1.29 is 0 Å². The minimum absolute atomic E-state index is 0.643. The lowest BCUT2D eigenvalue weighted by atomic mass is 10.1. The molecule has 1 heterocycles. The monoisotopic (exact) mass is 235 g/mol. The van der Waals surface area contributed by atoms with Crippen molar-refractivity contribution in [1.29, 1.82) is 0 Å². The zero-order valence-electron chi connectivity index (χ0n) is 5.61. The van der Waals surface area contributed by atoms with Crippen molar-refractivity contribution in [2.45, 2.75) is 19.8 Å². The maximum Gasteiger partial charge on any atom is 0.0774 e. The lowest BCUT2D eigenvalue weighted by molar-refractivity contribution is 0.868. The van der Waals surface area contributed by atoms with E-state index < -0.39 is 0 Å². The highest BCUT2D eigenvalue weighted by molar-refractivity contribution is 14.1. The average Bonchev–Trinajstić information content (AvgIpc) is 2.14. The van der Waals surface area contributed by atoms with Crippen LogP contribution in [0.5, 0.6) is 0 Å². The third-order valence-corrected chi connectivity index (χ3v) is 1.96. The molecule has 0 unspecified atom stereocenters. The molecule has 0 saturated carbocycles. The van der Waals surface area contributed by atoms with Crippen LogP contribution in [0.25, 0.3) is 0 Å². The first-order valence-corrected chi connectivity index (χ1v) is 4.12. The first kappa shape index (κ1) is 7.12. The van der Waals surface area contributed by atoms with Crippen LogP contribution in [0.4, 0.5) is 0 Å². The number of hydrogen-bond acceptors (Lipinski definition) is 0. The summed E-state index contributed by atoms with van der Waals surface area (Å²) in [6.07, 6.45) is 2.06. The largest absolute Gasteiger partial charge is 0.356 e. The lowest BCUT2D eigenvalue weighted by Gasteiger charge is -1.96. The Morgan fingerprint density at radius 1 is 1.56 bits per heavy atom. The highest BCUT2D eigenvalue weighted by atomic mass is 127. The summed E-state index contributed by atoms with van der Waals surface area (Å²) < 4.78 is 1.22. The summed E-state index contributed by atoms with van der Waals surface area (Å²) in [5, 5.41) is 0. The van der Waals surface area contributed by atoms with E-state index in [0.29, 0.717) is 5.92 Å². The van der Waals surface area contributed by atoms with Gasteiger partial charge in [0.1, 0.15) is 0 Å². The maximum absolute atomic E-state index is 3.14. The van der Waals surface area contributed by atoms with Crippen LogP contribution in [0.2, 0.25) is 0 Å². The molecular formula is C7H10IN. The van der Waals surface area contributed by atoms with E-state index in [4.69, 9.17) is 0 Å². The standard InChI is InChI=1S/C7H10IN/c1-5(2)6-3-7(8)9-4-6/h3-5,9H,1-2H3. The third kappa shape index (κ3) is 1.71. The minimum Gasteiger partial charge on any atom is -0.356 e. The SMILES string of the molecule is CC(C)c1c[nH]c(I)c1. The van der Waals surface area contributed by atoms with Crippen LogP contribution in [0, 0.1) is 3.70 Å². The summed E-state index contributed by atoms with van der Waals surface area (Å²) >= 11 is 2.28. The van der Waals surface area contributed by atoms with Gasteiger partial charge in [-0.1, -0.05) is 13.8 Å². The Morgan fingerprint density at radius 3 is 2.44 bits per heavy atom. The molecule has 0 aliphatic heterocycles. The van der Waals surface area contributed by atoms with Gasteiger partial charge in [-0.25, -0.2) is 0 Å². The number of rotatable bonds is 1. The van der Waals surface area contributed by atoms with Gasteiger partial charge in [0.05, 0.1) is 3.70 Å². The molecule has 1 aromatic heterocycles. The van der Waals surface area contributed by atoms with E-state index >= 15 is 0 Å². The van der Waals surface area contributed by atoms with Crippen molar-refractivity contribution in [1.82, 2.24) is 4.98 Å². The molecule has 0 fully saturated rings. The summed E-state index contributed by atoms with van der Waals surface area (Å²) in [5.41, 5.74) is 1.39. The van der Waals surface area contributed by atoms with Gasteiger partial charge in [-0.3, -0.25) is 0 Å². The van der Waals surface area contributed by atoms with E-state index in [1.807, 2.05) is 0 Å².